The number of hydrogen-bond acceptors (Lipinski definition) is 5. The number of nitrogens with zero attached hydrogens (tertiary/aromatic N) is 2. The fraction of sp³-hybridized carbons (Fsp3) is 0.625. The average molecular weight is 429 g/mol. The second-order valence-corrected chi connectivity index (χ2v) is 9.03. The van der Waals surface area contributed by atoms with Crippen LogP contribution in [0.5, 0.6) is 5.75 Å². The summed E-state index contributed by atoms with van der Waals surface area (Å²) in [6.07, 6.45) is 4.15. The average Bonchev–Trinajstić information content (AvgIpc) is 3.55. The van der Waals surface area contributed by atoms with Gasteiger partial charge in [-0.3, -0.25) is 14.4 Å². The molecule has 2 aliphatic heterocycles. The molecule has 1 atom stereocenters. The Morgan fingerprint density at radius 2 is 1.81 bits per heavy atom. The molecule has 3 aliphatic rings. The van der Waals surface area contributed by atoms with Gasteiger partial charge in [0.25, 0.3) is 0 Å². The summed E-state index contributed by atoms with van der Waals surface area (Å²) in [5.41, 5.74) is 0.419. The maximum absolute atomic E-state index is 13.1. The zero-order valence-corrected chi connectivity index (χ0v) is 18.5. The van der Waals surface area contributed by atoms with Crippen molar-refractivity contribution in [2.45, 2.75) is 51.5 Å². The van der Waals surface area contributed by atoms with E-state index in [1.54, 1.807) is 7.11 Å². The number of piperidine rings is 1. The van der Waals surface area contributed by atoms with Gasteiger partial charge in [-0.25, -0.2) is 0 Å². The van der Waals surface area contributed by atoms with Crippen molar-refractivity contribution in [2.75, 3.05) is 33.4 Å². The van der Waals surface area contributed by atoms with E-state index in [0.717, 1.165) is 24.2 Å². The summed E-state index contributed by atoms with van der Waals surface area (Å²) < 4.78 is 10.7. The molecule has 0 bridgehead atoms. The first-order valence-electron chi connectivity index (χ1n) is 11.3. The van der Waals surface area contributed by atoms with E-state index in [1.807, 2.05) is 41.0 Å². The Morgan fingerprint density at radius 1 is 1.13 bits per heavy atom. The summed E-state index contributed by atoms with van der Waals surface area (Å²) in [6, 6.07) is 8.11. The minimum atomic E-state index is -0.632. The van der Waals surface area contributed by atoms with Gasteiger partial charge in [-0.1, -0.05) is 12.1 Å². The van der Waals surface area contributed by atoms with Crippen LogP contribution in [0.15, 0.2) is 24.3 Å². The monoisotopic (exact) mass is 428 g/mol. The van der Waals surface area contributed by atoms with Gasteiger partial charge in [-0.2, -0.15) is 0 Å². The maximum Gasteiger partial charge on any atom is 0.312 e. The van der Waals surface area contributed by atoms with E-state index >= 15 is 0 Å². The molecule has 2 heterocycles. The first-order chi connectivity index (χ1) is 15.0. The van der Waals surface area contributed by atoms with Gasteiger partial charge in [0.1, 0.15) is 5.75 Å². The zero-order chi connectivity index (χ0) is 22.0. The topological polar surface area (TPSA) is 76.1 Å². The van der Waals surface area contributed by atoms with Crippen LogP contribution >= 0.6 is 0 Å². The lowest BCUT2D eigenvalue weighted by atomic mass is 9.73. The molecule has 1 aromatic rings. The molecule has 7 heteroatoms. The van der Waals surface area contributed by atoms with E-state index in [4.69, 9.17) is 9.47 Å². The van der Waals surface area contributed by atoms with Gasteiger partial charge in [0.2, 0.25) is 11.8 Å². The predicted octanol–water partition coefficient (Wildman–Crippen LogP) is 2.42. The molecule has 1 saturated carbocycles. The third-order valence-electron chi connectivity index (χ3n) is 6.94. The van der Waals surface area contributed by atoms with Crippen LogP contribution in [0.25, 0.3) is 0 Å². The summed E-state index contributed by atoms with van der Waals surface area (Å²) in [6.45, 7) is 3.74. The van der Waals surface area contributed by atoms with Gasteiger partial charge in [-0.05, 0) is 56.7 Å². The molecule has 1 aliphatic carbocycles. The number of amides is 2. The molecule has 0 spiro atoms. The summed E-state index contributed by atoms with van der Waals surface area (Å²) in [7, 11) is 1.63. The third kappa shape index (κ3) is 4.55. The van der Waals surface area contributed by atoms with Crippen LogP contribution in [0.2, 0.25) is 0 Å². The fourth-order valence-corrected chi connectivity index (χ4v) is 4.92. The number of rotatable bonds is 7. The summed E-state index contributed by atoms with van der Waals surface area (Å²) in [5.74, 6) is 0.510. The van der Waals surface area contributed by atoms with Crippen LogP contribution in [0.1, 0.15) is 44.6 Å². The lowest BCUT2D eigenvalue weighted by Gasteiger charge is -2.40. The second kappa shape index (κ2) is 8.89. The first kappa shape index (κ1) is 21.7. The molecule has 1 aromatic carbocycles. The van der Waals surface area contributed by atoms with Gasteiger partial charge in [0, 0.05) is 32.1 Å². The largest absolute Gasteiger partial charge is 0.497 e. The normalized spacial score (nSPS) is 23.0. The van der Waals surface area contributed by atoms with E-state index in [-0.39, 0.29) is 23.7 Å². The van der Waals surface area contributed by atoms with Crippen LogP contribution in [0.3, 0.4) is 0 Å². The van der Waals surface area contributed by atoms with Crippen molar-refractivity contribution < 1.29 is 23.9 Å². The molecule has 1 unspecified atom stereocenters. The fourth-order valence-electron chi connectivity index (χ4n) is 4.92. The van der Waals surface area contributed by atoms with Crippen molar-refractivity contribution in [1.82, 2.24) is 9.80 Å². The molecule has 168 valence electrons. The molecule has 4 rings (SSSR count). The summed E-state index contributed by atoms with van der Waals surface area (Å²) in [5, 5.41) is 0. The molecular weight excluding hydrogens is 396 g/mol. The molecular formula is C24H32N2O5. The highest BCUT2D eigenvalue weighted by atomic mass is 16.5. The second-order valence-electron chi connectivity index (χ2n) is 9.03. The van der Waals surface area contributed by atoms with E-state index in [9.17, 15) is 14.4 Å². The van der Waals surface area contributed by atoms with Crippen molar-refractivity contribution in [3.8, 4) is 5.75 Å². The van der Waals surface area contributed by atoms with E-state index in [1.165, 1.54) is 0 Å². The lowest BCUT2D eigenvalue weighted by molar-refractivity contribution is -0.160. The van der Waals surface area contributed by atoms with Crippen LogP contribution in [0, 0.1) is 11.3 Å². The van der Waals surface area contributed by atoms with Gasteiger partial charge in [0.05, 0.1) is 25.0 Å². The molecule has 0 N–H and O–H groups in total. The van der Waals surface area contributed by atoms with Gasteiger partial charge in [-0.15, -0.1) is 0 Å². The van der Waals surface area contributed by atoms with Crippen molar-refractivity contribution in [3.05, 3.63) is 29.8 Å². The van der Waals surface area contributed by atoms with E-state index in [0.29, 0.717) is 58.0 Å². The number of benzene rings is 1. The SMILES string of the molecule is CCOC(=O)C1(Cc2ccc(OC)cc2)CCN(C(=O)C2CC(=O)N(C3CC3)C2)CC1. The van der Waals surface area contributed by atoms with Gasteiger partial charge >= 0.3 is 5.97 Å². The molecule has 7 nitrogen and oxygen atoms in total. The highest BCUT2D eigenvalue weighted by Gasteiger charge is 2.46. The Balaban J connectivity index is 1.42. The Hall–Kier alpha value is -2.57. The highest BCUT2D eigenvalue weighted by molar-refractivity contribution is 5.90. The van der Waals surface area contributed by atoms with Crippen LogP contribution in [-0.4, -0.2) is 67.0 Å². The van der Waals surface area contributed by atoms with Crippen molar-refractivity contribution in [3.63, 3.8) is 0 Å². The predicted molar refractivity (Wildman–Crippen MR) is 114 cm³/mol. The van der Waals surface area contributed by atoms with E-state index < -0.39 is 5.41 Å². The third-order valence-corrected chi connectivity index (χ3v) is 6.94. The highest BCUT2D eigenvalue weighted by Crippen LogP contribution is 2.38. The number of esters is 1. The number of carbonyl (C=O) groups is 3. The van der Waals surface area contributed by atoms with Gasteiger partial charge < -0.3 is 19.3 Å². The Bertz CT molecular complexity index is 825. The number of carbonyl (C=O) groups excluding carboxylic acids is 3. The number of likely N-dealkylation sites (tertiary alicyclic amines) is 2. The minimum Gasteiger partial charge on any atom is -0.497 e. The maximum atomic E-state index is 13.1. The Labute approximate surface area is 183 Å². The summed E-state index contributed by atoms with van der Waals surface area (Å²) >= 11 is 0. The van der Waals surface area contributed by atoms with Crippen LogP contribution < -0.4 is 4.74 Å². The van der Waals surface area contributed by atoms with Crippen molar-refractivity contribution >= 4 is 17.8 Å². The molecule has 0 aromatic heterocycles. The zero-order valence-electron chi connectivity index (χ0n) is 18.5. The molecule has 3 fully saturated rings. The number of methoxy groups -OCH3 is 1. The molecule has 2 saturated heterocycles. The molecule has 0 radical (unpaired) electrons. The number of hydrogen-bond donors (Lipinski definition) is 0. The smallest absolute Gasteiger partial charge is 0.312 e. The summed E-state index contributed by atoms with van der Waals surface area (Å²) in [4.78, 5) is 42.0. The standard InChI is InChI=1S/C24H32N2O5/c1-3-31-23(29)24(15-17-4-8-20(30-2)9-5-17)10-12-25(13-11-24)22(28)18-14-21(27)26(16-18)19-6-7-19/h4-5,8-9,18-19H,3,6-7,10-16H2,1-2H3. The minimum absolute atomic E-state index is 0.0541. The first-order valence-corrected chi connectivity index (χ1v) is 11.3. The van der Waals surface area contributed by atoms with Crippen molar-refractivity contribution in [2.24, 2.45) is 11.3 Å². The van der Waals surface area contributed by atoms with Crippen molar-refractivity contribution in [1.29, 1.82) is 0 Å². The molecule has 31 heavy (non-hydrogen) atoms. The Kier molecular flexibility index (Phi) is 6.21. The lowest BCUT2D eigenvalue weighted by Crippen LogP contribution is -2.49. The van der Waals surface area contributed by atoms with Crippen LogP contribution in [0.4, 0.5) is 0 Å². The van der Waals surface area contributed by atoms with Crippen LogP contribution in [-0.2, 0) is 25.5 Å². The molecule has 2 amide bonds. The quantitative estimate of drug-likeness (QED) is 0.624. The Morgan fingerprint density at radius 3 is 2.39 bits per heavy atom. The van der Waals surface area contributed by atoms with Gasteiger partial charge in [0.15, 0.2) is 0 Å². The number of ether oxygens (including phenoxy) is 2. The van der Waals surface area contributed by atoms with E-state index in [2.05, 4.69) is 0 Å².